The predicted molar refractivity (Wildman–Crippen MR) is 56.4 cm³/mol. The van der Waals surface area contributed by atoms with E-state index >= 15 is 0 Å². The molecule has 1 aromatic rings. The number of primary amides is 1. The second kappa shape index (κ2) is 4.50. The van der Waals surface area contributed by atoms with Crippen molar-refractivity contribution >= 4 is 5.91 Å². The number of carbonyl (C=O) groups is 1. The van der Waals surface area contributed by atoms with Crippen LogP contribution in [0.15, 0.2) is 30.4 Å². The Balaban J connectivity index is 2.62. The maximum Gasteiger partial charge on any atom is 0.244 e. The highest BCUT2D eigenvalue weighted by Gasteiger charge is 2.04. The third kappa shape index (κ3) is 3.02. The Hall–Kier alpha value is -1.97. The van der Waals surface area contributed by atoms with Gasteiger partial charge in [-0.05, 0) is 30.5 Å². The number of aromatic hydroxyl groups is 2. The van der Waals surface area contributed by atoms with Gasteiger partial charge in [0.25, 0.3) is 0 Å². The maximum atomic E-state index is 10.7. The second-order valence-corrected chi connectivity index (χ2v) is 3.29. The minimum absolute atomic E-state index is 0.160. The first-order valence-corrected chi connectivity index (χ1v) is 4.49. The van der Waals surface area contributed by atoms with Crippen LogP contribution in [0, 0.1) is 0 Å². The highest BCUT2D eigenvalue weighted by Crippen LogP contribution is 2.25. The van der Waals surface area contributed by atoms with Gasteiger partial charge >= 0.3 is 0 Å². The van der Waals surface area contributed by atoms with Gasteiger partial charge in [0, 0.05) is 5.57 Å². The normalized spacial score (nSPS) is 9.87. The lowest BCUT2D eigenvalue weighted by Gasteiger charge is -2.03. The molecule has 1 amide bonds. The number of rotatable bonds is 4. The van der Waals surface area contributed by atoms with Gasteiger partial charge in [0.15, 0.2) is 11.5 Å². The first-order valence-electron chi connectivity index (χ1n) is 4.49. The summed E-state index contributed by atoms with van der Waals surface area (Å²) in [6, 6.07) is 4.52. The molecule has 0 unspecified atom stereocenters. The van der Waals surface area contributed by atoms with Crippen molar-refractivity contribution in [2.24, 2.45) is 5.73 Å². The number of aryl methyl sites for hydroxylation is 1. The molecule has 0 aliphatic rings. The molecule has 4 N–H and O–H groups in total. The van der Waals surface area contributed by atoms with Crippen molar-refractivity contribution in [1.82, 2.24) is 0 Å². The number of amides is 1. The Labute approximate surface area is 87.7 Å². The first-order chi connectivity index (χ1) is 7.00. The lowest BCUT2D eigenvalue weighted by atomic mass is 10.0. The molecule has 0 aliphatic heterocycles. The molecule has 4 nitrogen and oxygen atoms in total. The van der Waals surface area contributed by atoms with Crippen LogP contribution in [0.5, 0.6) is 11.5 Å². The summed E-state index contributed by atoms with van der Waals surface area (Å²) in [5.41, 5.74) is 6.19. The summed E-state index contributed by atoms with van der Waals surface area (Å²) >= 11 is 0. The molecule has 80 valence electrons. The Bertz CT molecular complexity index is 399. The molecule has 0 radical (unpaired) electrons. The van der Waals surface area contributed by atoms with Gasteiger partial charge in [0.05, 0.1) is 0 Å². The van der Waals surface area contributed by atoms with Crippen molar-refractivity contribution in [3.63, 3.8) is 0 Å². The van der Waals surface area contributed by atoms with Gasteiger partial charge in [0.1, 0.15) is 0 Å². The fourth-order valence-corrected chi connectivity index (χ4v) is 1.14. The van der Waals surface area contributed by atoms with Gasteiger partial charge in [0.2, 0.25) is 5.91 Å². The number of carbonyl (C=O) groups excluding carboxylic acids is 1. The van der Waals surface area contributed by atoms with Crippen LogP contribution in [0.25, 0.3) is 0 Å². The van der Waals surface area contributed by atoms with E-state index in [-0.39, 0.29) is 11.5 Å². The topological polar surface area (TPSA) is 83.6 Å². The molecule has 1 aromatic carbocycles. The summed E-state index contributed by atoms with van der Waals surface area (Å²) in [4.78, 5) is 10.7. The summed E-state index contributed by atoms with van der Waals surface area (Å²) in [6.07, 6.45) is 0.995. The smallest absolute Gasteiger partial charge is 0.244 e. The molecular formula is C11H13NO3. The van der Waals surface area contributed by atoms with Gasteiger partial charge in [-0.3, -0.25) is 4.79 Å². The maximum absolute atomic E-state index is 10.7. The number of hydrogen-bond acceptors (Lipinski definition) is 3. The molecule has 0 bridgehead atoms. The average Bonchev–Trinajstić information content (AvgIpc) is 2.19. The molecule has 0 aromatic heterocycles. The number of hydrogen-bond donors (Lipinski definition) is 3. The van der Waals surface area contributed by atoms with Crippen molar-refractivity contribution in [3.05, 3.63) is 35.9 Å². The zero-order valence-electron chi connectivity index (χ0n) is 8.23. The van der Waals surface area contributed by atoms with Crippen molar-refractivity contribution < 1.29 is 15.0 Å². The van der Waals surface area contributed by atoms with Crippen molar-refractivity contribution in [1.29, 1.82) is 0 Å². The van der Waals surface area contributed by atoms with Gasteiger partial charge < -0.3 is 15.9 Å². The Morgan fingerprint density at radius 3 is 2.53 bits per heavy atom. The second-order valence-electron chi connectivity index (χ2n) is 3.29. The summed E-state index contributed by atoms with van der Waals surface area (Å²) in [7, 11) is 0. The lowest BCUT2D eigenvalue weighted by Crippen LogP contribution is -2.13. The summed E-state index contributed by atoms with van der Waals surface area (Å²) in [5.74, 6) is -0.845. The molecule has 0 aliphatic carbocycles. The van der Waals surface area contributed by atoms with Gasteiger partial charge in [-0.1, -0.05) is 12.6 Å². The Morgan fingerprint density at radius 1 is 1.33 bits per heavy atom. The molecular weight excluding hydrogens is 194 g/mol. The van der Waals surface area contributed by atoms with Crippen LogP contribution >= 0.6 is 0 Å². The quantitative estimate of drug-likeness (QED) is 0.510. The molecule has 15 heavy (non-hydrogen) atoms. The fourth-order valence-electron chi connectivity index (χ4n) is 1.14. The minimum Gasteiger partial charge on any atom is -0.504 e. The number of benzene rings is 1. The molecule has 0 fully saturated rings. The van der Waals surface area contributed by atoms with Crippen LogP contribution < -0.4 is 5.73 Å². The molecule has 0 saturated carbocycles. The van der Waals surface area contributed by atoms with Gasteiger partial charge in [-0.25, -0.2) is 0 Å². The van der Waals surface area contributed by atoms with E-state index in [0.29, 0.717) is 18.4 Å². The number of nitrogens with two attached hydrogens (primary N) is 1. The lowest BCUT2D eigenvalue weighted by molar-refractivity contribution is -0.114. The van der Waals surface area contributed by atoms with E-state index in [0.717, 1.165) is 5.56 Å². The monoisotopic (exact) mass is 207 g/mol. The van der Waals surface area contributed by atoms with Crippen molar-refractivity contribution in [3.8, 4) is 11.5 Å². The predicted octanol–water partition coefficient (Wildman–Crippen LogP) is 1.07. The molecule has 0 spiro atoms. The van der Waals surface area contributed by atoms with E-state index in [1.54, 1.807) is 6.07 Å². The van der Waals surface area contributed by atoms with Crippen LogP contribution in [-0.4, -0.2) is 16.1 Å². The SMILES string of the molecule is C=C(CCc1ccc(O)c(O)c1)C(N)=O. The molecule has 1 rings (SSSR count). The molecule has 0 saturated heterocycles. The first kappa shape index (κ1) is 11.1. The van der Waals surface area contributed by atoms with Crippen LogP contribution in [0.3, 0.4) is 0 Å². The summed E-state index contributed by atoms with van der Waals surface area (Å²) in [5, 5.41) is 18.3. The van der Waals surface area contributed by atoms with Crippen LogP contribution in [-0.2, 0) is 11.2 Å². The zero-order chi connectivity index (χ0) is 11.4. The van der Waals surface area contributed by atoms with E-state index in [2.05, 4.69) is 6.58 Å². The molecule has 0 atom stereocenters. The third-order valence-electron chi connectivity index (χ3n) is 2.10. The molecule has 4 heteroatoms. The van der Waals surface area contributed by atoms with E-state index in [1.807, 2.05) is 0 Å². The van der Waals surface area contributed by atoms with Crippen molar-refractivity contribution in [2.45, 2.75) is 12.8 Å². The highest BCUT2D eigenvalue weighted by atomic mass is 16.3. The third-order valence-corrected chi connectivity index (χ3v) is 2.10. The fraction of sp³-hybridized carbons (Fsp3) is 0.182. The Kier molecular flexibility index (Phi) is 3.33. The largest absolute Gasteiger partial charge is 0.504 e. The summed E-state index contributed by atoms with van der Waals surface area (Å²) < 4.78 is 0. The zero-order valence-corrected chi connectivity index (χ0v) is 8.23. The highest BCUT2D eigenvalue weighted by molar-refractivity contribution is 5.91. The van der Waals surface area contributed by atoms with E-state index in [4.69, 9.17) is 10.8 Å². The van der Waals surface area contributed by atoms with E-state index in [9.17, 15) is 9.90 Å². The van der Waals surface area contributed by atoms with E-state index < -0.39 is 5.91 Å². The number of phenols is 2. The minimum atomic E-state index is -0.516. The standard InChI is InChI=1S/C11H13NO3/c1-7(11(12)15)2-3-8-4-5-9(13)10(14)6-8/h4-6,13-14H,1-3H2,(H2,12,15). The number of phenolic OH excluding ortho intramolecular Hbond substituents is 2. The van der Waals surface area contributed by atoms with Gasteiger partial charge in [-0.2, -0.15) is 0 Å². The summed E-state index contributed by atoms with van der Waals surface area (Å²) in [6.45, 7) is 3.52. The molecule has 0 heterocycles. The van der Waals surface area contributed by atoms with Crippen LogP contribution in [0.1, 0.15) is 12.0 Å². The van der Waals surface area contributed by atoms with Crippen LogP contribution in [0.2, 0.25) is 0 Å². The van der Waals surface area contributed by atoms with Gasteiger partial charge in [-0.15, -0.1) is 0 Å². The Morgan fingerprint density at radius 2 is 2.00 bits per heavy atom. The van der Waals surface area contributed by atoms with Crippen molar-refractivity contribution in [2.75, 3.05) is 0 Å². The average molecular weight is 207 g/mol. The van der Waals surface area contributed by atoms with E-state index in [1.165, 1.54) is 12.1 Å². The van der Waals surface area contributed by atoms with Crippen LogP contribution in [0.4, 0.5) is 0 Å².